The van der Waals surface area contributed by atoms with Gasteiger partial charge in [-0.3, -0.25) is 19.2 Å². The molecule has 0 aliphatic carbocycles. The lowest BCUT2D eigenvalue weighted by atomic mass is 10.0. The number of anilines is 1. The second-order valence-corrected chi connectivity index (χ2v) is 7.80. The number of para-hydroxylation sites is 1. The van der Waals surface area contributed by atoms with Gasteiger partial charge >= 0.3 is 0 Å². The molecule has 2 heterocycles. The Labute approximate surface area is 166 Å². The predicted molar refractivity (Wildman–Crippen MR) is 112 cm³/mol. The second kappa shape index (κ2) is 8.32. The second-order valence-electron chi connectivity index (χ2n) is 7.80. The molecule has 0 radical (unpaired) electrons. The van der Waals surface area contributed by atoms with E-state index in [1.165, 1.54) is 0 Å². The zero-order chi connectivity index (χ0) is 20.4. The highest BCUT2D eigenvalue weighted by atomic mass is 16.2. The number of hydrogen-bond acceptors (Lipinski definition) is 4. The number of nitrogens with zero attached hydrogens (tertiary/aromatic N) is 4. The third-order valence-electron chi connectivity index (χ3n) is 6.06. The van der Waals surface area contributed by atoms with E-state index in [1.54, 1.807) is 9.36 Å². The summed E-state index contributed by atoms with van der Waals surface area (Å²) >= 11 is 0. The Morgan fingerprint density at radius 1 is 1.18 bits per heavy atom. The minimum atomic E-state index is -0.308. The maximum Gasteiger partial charge on any atom is 0.295 e. The molecule has 0 unspecified atom stereocenters. The van der Waals surface area contributed by atoms with Crippen molar-refractivity contribution in [2.24, 2.45) is 7.05 Å². The first-order valence-electron chi connectivity index (χ1n) is 9.86. The number of likely N-dealkylation sites (tertiary alicyclic amines) is 1. The van der Waals surface area contributed by atoms with Crippen molar-refractivity contribution in [2.75, 3.05) is 32.5 Å². The molecule has 28 heavy (non-hydrogen) atoms. The number of amides is 1. The number of aromatic nitrogens is 2. The van der Waals surface area contributed by atoms with Gasteiger partial charge in [-0.2, -0.15) is 0 Å². The van der Waals surface area contributed by atoms with Crippen LogP contribution in [0.5, 0.6) is 0 Å². The summed E-state index contributed by atoms with van der Waals surface area (Å²) in [4.78, 5) is 30.3. The molecule has 1 aliphatic heterocycles. The van der Waals surface area contributed by atoms with E-state index in [4.69, 9.17) is 0 Å². The summed E-state index contributed by atoms with van der Waals surface area (Å²) in [5, 5.41) is 2.89. The highest BCUT2D eigenvalue weighted by Crippen LogP contribution is 2.18. The van der Waals surface area contributed by atoms with Crippen LogP contribution in [0.25, 0.3) is 5.69 Å². The van der Waals surface area contributed by atoms with Crippen LogP contribution in [-0.4, -0.2) is 64.3 Å². The van der Waals surface area contributed by atoms with Crippen LogP contribution in [0.3, 0.4) is 0 Å². The quantitative estimate of drug-likeness (QED) is 0.853. The average molecular weight is 386 g/mol. The first-order chi connectivity index (χ1) is 13.3. The van der Waals surface area contributed by atoms with E-state index in [0.29, 0.717) is 11.7 Å². The summed E-state index contributed by atoms with van der Waals surface area (Å²) in [5.41, 5.74) is 1.64. The van der Waals surface area contributed by atoms with Gasteiger partial charge in [-0.15, -0.1) is 0 Å². The van der Waals surface area contributed by atoms with Gasteiger partial charge in [-0.1, -0.05) is 18.2 Å². The highest BCUT2D eigenvalue weighted by Gasteiger charge is 2.28. The molecule has 1 aromatic carbocycles. The van der Waals surface area contributed by atoms with Crippen molar-refractivity contribution >= 4 is 11.6 Å². The fourth-order valence-corrected chi connectivity index (χ4v) is 3.84. The summed E-state index contributed by atoms with van der Waals surface area (Å²) in [6.45, 7) is 5.84. The molecule has 0 spiro atoms. The van der Waals surface area contributed by atoms with Crippen molar-refractivity contribution in [3.63, 3.8) is 0 Å². The average Bonchev–Trinajstić information content (AvgIpc) is 2.91. The summed E-state index contributed by atoms with van der Waals surface area (Å²) in [6, 6.07) is 9.52. The van der Waals surface area contributed by atoms with E-state index in [2.05, 4.69) is 22.2 Å². The van der Waals surface area contributed by atoms with Gasteiger partial charge in [-0.25, -0.2) is 4.68 Å². The predicted octanol–water partition coefficient (Wildman–Crippen LogP) is 1.84. The summed E-state index contributed by atoms with van der Waals surface area (Å²) in [5.74, 6) is -0.146. The van der Waals surface area contributed by atoms with Gasteiger partial charge in [0, 0.05) is 13.1 Å². The number of likely N-dealkylation sites (N-methyl/N-ethyl adjacent to an activating group) is 1. The van der Waals surface area contributed by atoms with Gasteiger partial charge in [-0.05, 0) is 66.0 Å². The smallest absolute Gasteiger partial charge is 0.295 e. The normalized spacial score (nSPS) is 17.1. The van der Waals surface area contributed by atoms with Crippen LogP contribution >= 0.6 is 0 Å². The Balaban J connectivity index is 1.78. The van der Waals surface area contributed by atoms with Crippen LogP contribution in [0, 0.1) is 6.92 Å². The van der Waals surface area contributed by atoms with Crippen molar-refractivity contribution in [1.82, 2.24) is 19.2 Å². The highest BCUT2D eigenvalue weighted by molar-refractivity contribution is 5.95. The molecule has 152 valence electrons. The number of benzene rings is 1. The largest absolute Gasteiger partial charge is 0.319 e. The molecule has 7 nitrogen and oxygen atoms in total. The molecule has 7 heteroatoms. The van der Waals surface area contributed by atoms with E-state index in [-0.39, 0.29) is 17.5 Å². The van der Waals surface area contributed by atoms with Crippen LogP contribution in [0.2, 0.25) is 0 Å². The molecular formula is C21H31N5O2. The molecule has 1 atom stereocenters. The lowest BCUT2D eigenvalue weighted by Crippen LogP contribution is -2.49. The van der Waals surface area contributed by atoms with Crippen LogP contribution in [0.1, 0.15) is 25.5 Å². The molecule has 3 rings (SSSR count). The van der Waals surface area contributed by atoms with Crippen molar-refractivity contribution in [3.05, 3.63) is 46.4 Å². The lowest BCUT2D eigenvalue weighted by Gasteiger charge is -2.37. The van der Waals surface area contributed by atoms with E-state index in [1.807, 2.05) is 58.3 Å². The third-order valence-corrected chi connectivity index (χ3v) is 6.06. The number of nitrogens with one attached hydrogen (secondary N) is 1. The molecule has 1 fully saturated rings. The van der Waals surface area contributed by atoms with Gasteiger partial charge in [0.15, 0.2) is 0 Å². The molecule has 0 saturated carbocycles. The molecule has 0 bridgehead atoms. The number of carbonyl (C=O) groups is 1. The zero-order valence-corrected chi connectivity index (χ0v) is 17.5. The van der Waals surface area contributed by atoms with Crippen molar-refractivity contribution in [2.45, 2.75) is 38.8 Å². The molecule has 2 aromatic rings. The zero-order valence-electron chi connectivity index (χ0n) is 17.5. The first kappa shape index (κ1) is 20.4. The maximum absolute atomic E-state index is 13.0. The number of hydrogen-bond donors (Lipinski definition) is 1. The van der Waals surface area contributed by atoms with Gasteiger partial charge in [0.1, 0.15) is 5.69 Å². The Morgan fingerprint density at radius 2 is 1.79 bits per heavy atom. The van der Waals surface area contributed by atoms with Gasteiger partial charge in [0.2, 0.25) is 5.91 Å². The summed E-state index contributed by atoms with van der Waals surface area (Å²) in [7, 11) is 5.95. The number of piperidine rings is 1. The third kappa shape index (κ3) is 3.91. The van der Waals surface area contributed by atoms with E-state index in [9.17, 15) is 9.59 Å². The van der Waals surface area contributed by atoms with E-state index in [0.717, 1.165) is 37.3 Å². The number of rotatable bonds is 5. The standard InChI is InChI=1S/C21H31N5O2/c1-15-19(21(28)26(25(15)5)18-9-7-6-8-10-18)22-20(27)16(2)24(4)17-11-13-23(3)14-12-17/h6-10,16-17H,11-14H2,1-5H3,(H,22,27)/t16-/m0/s1. The summed E-state index contributed by atoms with van der Waals surface area (Å²) in [6.07, 6.45) is 2.10. The summed E-state index contributed by atoms with van der Waals surface area (Å²) < 4.78 is 3.36. The van der Waals surface area contributed by atoms with Crippen LogP contribution in [0.15, 0.2) is 35.1 Å². The van der Waals surface area contributed by atoms with E-state index < -0.39 is 0 Å². The van der Waals surface area contributed by atoms with Gasteiger partial charge in [0.25, 0.3) is 5.56 Å². The SMILES string of the molecule is Cc1c(NC(=O)[C@H](C)N(C)C2CCN(C)CC2)c(=O)n(-c2ccccc2)n1C. The first-order valence-corrected chi connectivity index (χ1v) is 9.86. The molecular weight excluding hydrogens is 354 g/mol. The monoisotopic (exact) mass is 385 g/mol. The topological polar surface area (TPSA) is 62.5 Å². The molecule has 1 aromatic heterocycles. The Bertz CT molecular complexity index is 878. The van der Waals surface area contributed by atoms with Crippen molar-refractivity contribution in [3.8, 4) is 5.69 Å². The van der Waals surface area contributed by atoms with Gasteiger partial charge < -0.3 is 10.2 Å². The van der Waals surface area contributed by atoms with Crippen molar-refractivity contribution in [1.29, 1.82) is 0 Å². The fourth-order valence-electron chi connectivity index (χ4n) is 3.84. The van der Waals surface area contributed by atoms with E-state index >= 15 is 0 Å². The Morgan fingerprint density at radius 3 is 2.39 bits per heavy atom. The van der Waals surface area contributed by atoms with Crippen LogP contribution < -0.4 is 10.9 Å². The minimum absolute atomic E-state index is 0.146. The molecule has 1 amide bonds. The Hall–Kier alpha value is -2.38. The lowest BCUT2D eigenvalue weighted by molar-refractivity contribution is -0.121. The number of carbonyl (C=O) groups excluding carboxylic acids is 1. The minimum Gasteiger partial charge on any atom is -0.319 e. The molecule has 1 N–H and O–H groups in total. The molecule has 1 aliphatic rings. The fraction of sp³-hybridized carbons (Fsp3) is 0.524. The maximum atomic E-state index is 13.0. The van der Waals surface area contributed by atoms with Crippen molar-refractivity contribution < 1.29 is 4.79 Å². The van der Waals surface area contributed by atoms with Gasteiger partial charge in [0.05, 0.1) is 17.4 Å². The molecule has 1 saturated heterocycles. The van der Waals surface area contributed by atoms with Crippen LogP contribution in [0.4, 0.5) is 5.69 Å². The van der Waals surface area contributed by atoms with Crippen LogP contribution in [-0.2, 0) is 11.8 Å². The Kier molecular flexibility index (Phi) is 6.05.